The van der Waals surface area contributed by atoms with Gasteiger partial charge in [-0.15, -0.1) is 0 Å². The minimum Gasteiger partial charge on any atom is -0.472 e. The number of dihydropyridines is 1. The van der Waals surface area contributed by atoms with Crippen LogP contribution in [0, 0.1) is 0 Å². The van der Waals surface area contributed by atoms with Crippen LogP contribution < -0.4 is 16.0 Å². The normalized spacial score (nSPS) is 21.7. The van der Waals surface area contributed by atoms with Crippen LogP contribution in [-0.4, -0.2) is 43.7 Å². The Balaban J connectivity index is 1.49. The molecule has 3 rings (SSSR count). The van der Waals surface area contributed by atoms with Crippen molar-refractivity contribution in [2.75, 3.05) is 32.7 Å². The van der Waals surface area contributed by atoms with E-state index in [-0.39, 0.29) is 12.0 Å². The molecule has 2 atom stereocenters. The van der Waals surface area contributed by atoms with Crippen LogP contribution >= 0.6 is 0 Å². The van der Waals surface area contributed by atoms with Gasteiger partial charge >= 0.3 is 0 Å². The van der Waals surface area contributed by atoms with E-state index in [0.717, 1.165) is 44.7 Å². The largest absolute Gasteiger partial charge is 0.472 e. The van der Waals surface area contributed by atoms with E-state index in [2.05, 4.69) is 54.1 Å². The van der Waals surface area contributed by atoms with Gasteiger partial charge in [0.25, 0.3) is 0 Å². The number of nitrogens with two attached hydrogens (primary N) is 1. The first-order chi connectivity index (χ1) is 12.6. The maximum atomic E-state index is 5.79. The first kappa shape index (κ1) is 18.4. The predicted molar refractivity (Wildman–Crippen MR) is 105 cm³/mol. The van der Waals surface area contributed by atoms with Gasteiger partial charge in [0, 0.05) is 12.5 Å². The maximum Gasteiger partial charge on any atom is 0.177 e. The summed E-state index contributed by atoms with van der Waals surface area (Å²) in [5.41, 5.74) is 6.86. The molecule has 0 aliphatic carbocycles. The van der Waals surface area contributed by atoms with Crippen molar-refractivity contribution < 1.29 is 9.64 Å². The second-order valence-electron chi connectivity index (χ2n) is 7.13. The van der Waals surface area contributed by atoms with E-state index in [0.29, 0.717) is 6.04 Å². The number of rotatable bonds is 7. The van der Waals surface area contributed by atoms with Gasteiger partial charge in [0.2, 0.25) is 0 Å². The molecule has 5 nitrogen and oxygen atoms in total. The van der Waals surface area contributed by atoms with E-state index in [4.69, 9.17) is 10.5 Å². The van der Waals surface area contributed by atoms with Crippen LogP contribution in [0.5, 0.6) is 0 Å². The van der Waals surface area contributed by atoms with E-state index in [1.54, 1.807) is 4.90 Å². The van der Waals surface area contributed by atoms with Gasteiger partial charge in [-0.3, -0.25) is 0 Å². The summed E-state index contributed by atoms with van der Waals surface area (Å²) < 4.78 is 5.79. The zero-order valence-corrected chi connectivity index (χ0v) is 15.7. The molecule has 4 N–H and O–H groups in total. The molecule has 2 aliphatic rings. The molecule has 1 aromatic rings. The van der Waals surface area contributed by atoms with Crippen LogP contribution in [0.4, 0.5) is 0 Å². The summed E-state index contributed by atoms with van der Waals surface area (Å²) in [5.74, 6) is 1.54. The minimum absolute atomic E-state index is 0.0204. The molecule has 0 aromatic heterocycles. The van der Waals surface area contributed by atoms with Gasteiger partial charge in [0.05, 0.1) is 32.7 Å². The van der Waals surface area contributed by atoms with Crippen molar-refractivity contribution >= 4 is 0 Å². The molecular weight excluding hydrogens is 324 g/mol. The summed E-state index contributed by atoms with van der Waals surface area (Å²) in [7, 11) is 0. The summed E-state index contributed by atoms with van der Waals surface area (Å²) in [5, 5.41) is 3.54. The average molecular weight is 356 g/mol. The molecular formula is C21H31N4O+. The molecule has 0 bridgehead atoms. The quantitative estimate of drug-likeness (QED) is 0.643. The molecule has 1 saturated heterocycles. The Bertz CT molecular complexity index is 647. The second kappa shape index (κ2) is 8.81. The number of nitrogens with one attached hydrogen (secondary N) is 2. The lowest BCUT2D eigenvalue weighted by Gasteiger charge is -2.37. The van der Waals surface area contributed by atoms with Crippen LogP contribution in [0.3, 0.4) is 0 Å². The van der Waals surface area contributed by atoms with E-state index >= 15 is 0 Å². The van der Waals surface area contributed by atoms with Gasteiger partial charge in [-0.05, 0) is 25.1 Å². The summed E-state index contributed by atoms with van der Waals surface area (Å²) in [6.45, 7) is 11.4. The summed E-state index contributed by atoms with van der Waals surface area (Å²) in [6.07, 6.45) is 7.43. The number of ether oxygens (including phenoxy) is 1. The third-order valence-electron chi connectivity index (χ3n) is 5.07. The number of nitrogens with zero attached hydrogens (tertiary/aromatic N) is 1. The first-order valence-electron chi connectivity index (χ1n) is 9.51. The average Bonchev–Trinajstić information content (AvgIpc) is 2.66. The van der Waals surface area contributed by atoms with Gasteiger partial charge in [-0.1, -0.05) is 42.5 Å². The van der Waals surface area contributed by atoms with Gasteiger partial charge in [-0.2, -0.15) is 0 Å². The third kappa shape index (κ3) is 5.05. The van der Waals surface area contributed by atoms with Crippen LogP contribution in [0.1, 0.15) is 25.0 Å². The fourth-order valence-corrected chi connectivity index (χ4v) is 3.63. The smallest absolute Gasteiger partial charge is 0.177 e. The van der Waals surface area contributed by atoms with Gasteiger partial charge in [-0.25, -0.2) is 0 Å². The number of hydrogen-bond donors (Lipinski definition) is 3. The standard InChI is InChI=1S/C21H30N4O/c1-17-7-6-10-21(23-17)25-15-13-24(14-16-25)12-11-20(26-18(2)22)19-8-4-3-5-9-19/h3-10,17,20,23H,2,11-16,22H2,1H3/p+1. The lowest BCUT2D eigenvalue weighted by Crippen LogP contribution is -3.14. The zero-order chi connectivity index (χ0) is 18.4. The molecule has 0 spiro atoms. The minimum atomic E-state index is -0.0204. The number of allylic oxidation sites excluding steroid dienone is 2. The molecule has 1 aromatic carbocycles. The van der Waals surface area contributed by atoms with Crippen LogP contribution in [-0.2, 0) is 4.74 Å². The van der Waals surface area contributed by atoms with Crippen molar-refractivity contribution in [3.05, 3.63) is 72.4 Å². The molecule has 0 radical (unpaired) electrons. The Kier molecular flexibility index (Phi) is 6.23. The molecule has 2 aliphatic heterocycles. The van der Waals surface area contributed by atoms with Gasteiger partial charge in [0.15, 0.2) is 5.88 Å². The monoisotopic (exact) mass is 355 g/mol. The molecule has 0 saturated carbocycles. The SMILES string of the molecule is C=C(N)OC(CC[NH+]1CCN(C2=CC=CC(C)N2)CC1)c1ccccc1. The molecule has 2 heterocycles. The Morgan fingerprint density at radius 3 is 2.73 bits per heavy atom. The van der Waals surface area contributed by atoms with Crippen molar-refractivity contribution in [3.63, 3.8) is 0 Å². The summed E-state index contributed by atoms with van der Waals surface area (Å²) in [6, 6.07) is 10.7. The Hall–Kier alpha value is -2.40. The first-order valence-corrected chi connectivity index (χ1v) is 9.51. The van der Waals surface area contributed by atoms with Crippen molar-refractivity contribution in [2.24, 2.45) is 5.73 Å². The fraction of sp³-hybridized carbons (Fsp3) is 0.429. The summed E-state index contributed by atoms with van der Waals surface area (Å²) >= 11 is 0. The lowest BCUT2D eigenvalue weighted by molar-refractivity contribution is -0.904. The van der Waals surface area contributed by atoms with Crippen molar-refractivity contribution in [3.8, 4) is 0 Å². The number of hydrogen-bond acceptors (Lipinski definition) is 4. The van der Waals surface area contributed by atoms with E-state index < -0.39 is 0 Å². The van der Waals surface area contributed by atoms with Crippen LogP contribution in [0.2, 0.25) is 0 Å². The lowest BCUT2D eigenvalue weighted by atomic mass is 10.1. The Morgan fingerprint density at radius 2 is 2.08 bits per heavy atom. The van der Waals surface area contributed by atoms with E-state index in [1.807, 2.05) is 18.2 Å². The molecule has 26 heavy (non-hydrogen) atoms. The predicted octanol–water partition coefficient (Wildman–Crippen LogP) is 1.15. The van der Waals surface area contributed by atoms with Crippen molar-refractivity contribution in [2.45, 2.75) is 25.5 Å². The van der Waals surface area contributed by atoms with E-state index in [1.165, 1.54) is 5.82 Å². The highest BCUT2D eigenvalue weighted by molar-refractivity contribution is 5.19. The molecule has 0 amide bonds. The number of benzene rings is 1. The molecule has 5 heteroatoms. The zero-order valence-electron chi connectivity index (χ0n) is 15.7. The van der Waals surface area contributed by atoms with Crippen molar-refractivity contribution in [1.29, 1.82) is 0 Å². The summed E-state index contributed by atoms with van der Waals surface area (Å²) in [4.78, 5) is 4.07. The topological polar surface area (TPSA) is 55.0 Å². The molecule has 1 fully saturated rings. The Morgan fingerprint density at radius 1 is 1.35 bits per heavy atom. The highest BCUT2D eigenvalue weighted by atomic mass is 16.5. The highest BCUT2D eigenvalue weighted by Gasteiger charge is 2.24. The van der Waals surface area contributed by atoms with Crippen LogP contribution in [0.15, 0.2) is 66.8 Å². The van der Waals surface area contributed by atoms with Crippen LogP contribution in [0.25, 0.3) is 0 Å². The van der Waals surface area contributed by atoms with E-state index in [9.17, 15) is 0 Å². The molecule has 2 unspecified atom stereocenters. The number of quaternary nitrogens is 1. The van der Waals surface area contributed by atoms with Crippen molar-refractivity contribution in [1.82, 2.24) is 10.2 Å². The Labute approximate surface area is 156 Å². The van der Waals surface area contributed by atoms with Gasteiger partial charge < -0.3 is 25.6 Å². The number of piperazine rings is 1. The fourth-order valence-electron chi connectivity index (χ4n) is 3.63. The maximum absolute atomic E-state index is 5.79. The highest BCUT2D eigenvalue weighted by Crippen LogP contribution is 2.21. The van der Waals surface area contributed by atoms with Gasteiger partial charge in [0.1, 0.15) is 11.9 Å². The third-order valence-corrected chi connectivity index (χ3v) is 5.07. The second-order valence-corrected chi connectivity index (χ2v) is 7.13. The molecule has 140 valence electrons.